The van der Waals surface area contributed by atoms with Crippen molar-refractivity contribution >= 4 is 11.9 Å². The molecule has 1 saturated heterocycles. The van der Waals surface area contributed by atoms with Gasteiger partial charge in [0, 0.05) is 18.9 Å². The second kappa shape index (κ2) is 5.85. The van der Waals surface area contributed by atoms with Crippen LogP contribution in [0.3, 0.4) is 0 Å². The first kappa shape index (κ1) is 17.8. The van der Waals surface area contributed by atoms with Crippen LogP contribution < -0.4 is 0 Å². The number of ketones is 1. The summed E-state index contributed by atoms with van der Waals surface area (Å²) in [5.74, 6) is -0.748. The molecule has 7 heteroatoms. The number of ether oxygens (including phenoxy) is 1. The van der Waals surface area contributed by atoms with Crippen molar-refractivity contribution in [2.75, 3.05) is 0 Å². The molecule has 4 nitrogen and oxygen atoms in total. The Morgan fingerprint density at radius 2 is 1.76 bits per heavy atom. The summed E-state index contributed by atoms with van der Waals surface area (Å²) in [6.45, 7) is 8.15. The van der Waals surface area contributed by atoms with Gasteiger partial charge in [-0.3, -0.25) is 9.69 Å². The van der Waals surface area contributed by atoms with E-state index in [9.17, 15) is 22.8 Å². The van der Waals surface area contributed by atoms with Gasteiger partial charge in [0.2, 0.25) is 0 Å². The lowest BCUT2D eigenvalue weighted by atomic mass is 9.88. The van der Waals surface area contributed by atoms with Crippen molar-refractivity contribution in [3.63, 3.8) is 0 Å². The molecule has 0 bridgehead atoms. The molecule has 0 aliphatic carbocycles. The van der Waals surface area contributed by atoms with Crippen LogP contribution >= 0.6 is 0 Å². The number of hydrogen-bond donors (Lipinski definition) is 0. The molecule has 122 valence electrons. The SMILES string of the molecule is CC(C)C1CC(=O)CC(C(F)(F)F)N1C(=O)OC(C)(C)C. The highest BCUT2D eigenvalue weighted by atomic mass is 19.4. The standard InChI is InChI=1S/C14H22F3NO3/c1-8(2)10-6-9(19)7-11(14(15,16)17)18(10)12(20)21-13(3,4)5/h8,10-11H,6-7H2,1-5H3. The number of amides is 1. The van der Waals surface area contributed by atoms with Crippen molar-refractivity contribution in [2.24, 2.45) is 5.92 Å². The van der Waals surface area contributed by atoms with Gasteiger partial charge in [-0.2, -0.15) is 13.2 Å². The number of alkyl halides is 3. The lowest BCUT2D eigenvalue weighted by molar-refractivity contribution is -0.197. The van der Waals surface area contributed by atoms with E-state index in [0.29, 0.717) is 4.90 Å². The first-order chi connectivity index (χ1) is 9.33. The zero-order valence-electron chi connectivity index (χ0n) is 13.0. The van der Waals surface area contributed by atoms with Crippen molar-refractivity contribution in [3.05, 3.63) is 0 Å². The maximum absolute atomic E-state index is 13.2. The summed E-state index contributed by atoms with van der Waals surface area (Å²) in [4.78, 5) is 24.5. The third-order valence-electron chi connectivity index (χ3n) is 3.30. The molecule has 2 unspecified atom stereocenters. The number of carbonyl (C=O) groups is 2. The fourth-order valence-corrected chi connectivity index (χ4v) is 2.37. The number of Topliss-reactive ketones (excluding diaryl/α,β-unsaturated/α-hetero) is 1. The van der Waals surface area contributed by atoms with Crippen LogP contribution in [0.2, 0.25) is 0 Å². The van der Waals surface area contributed by atoms with E-state index < -0.39 is 42.2 Å². The van der Waals surface area contributed by atoms with E-state index >= 15 is 0 Å². The molecule has 1 heterocycles. The van der Waals surface area contributed by atoms with Crippen LogP contribution in [0.5, 0.6) is 0 Å². The topological polar surface area (TPSA) is 46.6 Å². The molecule has 0 N–H and O–H groups in total. The van der Waals surface area contributed by atoms with Crippen LogP contribution in [0, 0.1) is 5.92 Å². The van der Waals surface area contributed by atoms with E-state index in [1.54, 1.807) is 34.6 Å². The van der Waals surface area contributed by atoms with Crippen LogP contribution in [-0.4, -0.2) is 40.6 Å². The van der Waals surface area contributed by atoms with Crippen molar-refractivity contribution in [3.8, 4) is 0 Å². The van der Waals surface area contributed by atoms with Crippen LogP contribution in [0.1, 0.15) is 47.5 Å². The zero-order chi connectivity index (χ0) is 16.6. The Morgan fingerprint density at radius 3 is 2.14 bits per heavy atom. The number of rotatable bonds is 1. The highest BCUT2D eigenvalue weighted by Crippen LogP contribution is 2.36. The second-order valence-corrected chi connectivity index (χ2v) is 6.70. The van der Waals surface area contributed by atoms with Crippen molar-refractivity contribution in [2.45, 2.75) is 71.3 Å². The van der Waals surface area contributed by atoms with E-state index in [1.165, 1.54) is 0 Å². The smallest absolute Gasteiger partial charge is 0.411 e. The number of nitrogens with zero attached hydrogens (tertiary/aromatic N) is 1. The third kappa shape index (κ3) is 4.61. The van der Waals surface area contributed by atoms with Crippen LogP contribution in [-0.2, 0) is 9.53 Å². The molecule has 0 aromatic rings. The summed E-state index contributed by atoms with van der Waals surface area (Å²) < 4.78 is 44.7. The van der Waals surface area contributed by atoms with Gasteiger partial charge in [-0.05, 0) is 26.7 Å². The summed E-state index contributed by atoms with van der Waals surface area (Å²) in [5, 5.41) is 0. The van der Waals surface area contributed by atoms with Crippen molar-refractivity contribution in [1.29, 1.82) is 0 Å². The van der Waals surface area contributed by atoms with Crippen molar-refractivity contribution < 1.29 is 27.5 Å². The molecule has 21 heavy (non-hydrogen) atoms. The van der Waals surface area contributed by atoms with E-state index in [-0.39, 0.29) is 12.3 Å². The Balaban J connectivity index is 3.14. The summed E-state index contributed by atoms with van der Waals surface area (Å²) in [7, 11) is 0. The summed E-state index contributed by atoms with van der Waals surface area (Å²) in [6.07, 6.45) is -6.44. The minimum absolute atomic E-state index is 0.0660. The van der Waals surface area contributed by atoms with Gasteiger partial charge in [-0.25, -0.2) is 4.79 Å². The quantitative estimate of drug-likeness (QED) is 0.744. The average Bonchev–Trinajstić information content (AvgIpc) is 2.23. The van der Waals surface area contributed by atoms with Crippen LogP contribution in [0.25, 0.3) is 0 Å². The van der Waals surface area contributed by atoms with Gasteiger partial charge in [-0.15, -0.1) is 0 Å². The molecule has 0 aromatic carbocycles. The molecule has 1 amide bonds. The third-order valence-corrected chi connectivity index (χ3v) is 3.30. The number of likely N-dealkylation sites (tertiary alicyclic amines) is 1. The predicted octanol–water partition coefficient (Wildman–Crippen LogP) is 3.54. The lowest BCUT2D eigenvalue weighted by Crippen LogP contribution is -2.60. The Kier molecular flexibility index (Phi) is 4.95. The molecule has 0 radical (unpaired) electrons. The molecule has 2 atom stereocenters. The maximum atomic E-state index is 13.2. The predicted molar refractivity (Wildman–Crippen MR) is 70.8 cm³/mol. The van der Waals surface area contributed by atoms with Gasteiger partial charge < -0.3 is 4.74 Å². The summed E-state index contributed by atoms with van der Waals surface area (Å²) >= 11 is 0. The molecular weight excluding hydrogens is 287 g/mol. The Labute approximate surface area is 122 Å². The highest BCUT2D eigenvalue weighted by Gasteiger charge is 2.53. The number of piperidine rings is 1. The Bertz CT molecular complexity index is 413. The van der Waals surface area contributed by atoms with Gasteiger partial charge in [0.25, 0.3) is 0 Å². The fourth-order valence-electron chi connectivity index (χ4n) is 2.37. The van der Waals surface area contributed by atoms with E-state index in [1.807, 2.05) is 0 Å². The minimum Gasteiger partial charge on any atom is -0.444 e. The van der Waals surface area contributed by atoms with E-state index in [0.717, 1.165) is 0 Å². The average molecular weight is 309 g/mol. The molecule has 1 aliphatic heterocycles. The zero-order valence-corrected chi connectivity index (χ0v) is 13.0. The number of halogens is 3. The Morgan fingerprint density at radius 1 is 1.24 bits per heavy atom. The second-order valence-electron chi connectivity index (χ2n) is 6.70. The molecule has 1 fully saturated rings. The lowest BCUT2D eigenvalue weighted by Gasteiger charge is -2.43. The number of carbonyl (C=O) groups excluding carboxylic acids is 2. The van der Waals surface area contributed by atoms with Gasteiger partial charge in [-0.1, -0.05) is 13.8 Å². The van der Waals surface area contributed by atoms with Gasteiger partial charge in [0.15, 0.2) is 0 Å². The highest BCUT2D eigenvalue weighted by molar-refractivity contribution is 5.83. The first-order valence-electron chi connectivity index (χ1n) is 6.92. The van der Waals surface area contributed by atoms with Gasteiger partial charge in [0.1, 0.15) is 17.4 Å². The van der Waals surface area contributed by atoms with E-state index in [4.69, 9.17) is 4.74 Å². The minimum atomic E-state index is -4.65. The molecule has 0 aromatic heterocycles. The normalized spacial score (nSPS) is 24.4. The first-order valence-corrected chi connectivity index (χ1v) is 6.92. The Hall–Kier alpha value is -1.27. The van der Waals surface area contributed by atoms with Gasteiger partial charge >= 0.3 is 12.3 Å². The molecule has 0 saturated carbocycles. The maximum Gasteiger partial charge on any atom is 0.411 e. The number of hydrogen-bond acceptors (Lipinski definition) is 3. The van der Waals surface area contributed by atoms with E-state index in [2.05, 4.69) is 0 Å². The van der Waals surface area contributed by atoms with Crippen LogP contribution in [0.15, 0.2) is 0 Å². The van der Waals surface area contributed by atoms with Crippen molar-refractivity contribution in [1.82, 2.24) is 4.90 Å². The summed E-state index contributed by atoms with van der Waals surface area (Å²) in [5.41, 5.74) is -0.893. The molecular formula is C14H22F3NO3. The van der Waals surface area contributed by atoms with Gasteiger partial charge in [0.05, 0.1) is 0 Å². The molecule has 1 rings (SSSR count). The summed E-state index contributed by atoms with van der Waals surface area (Å²) in [6, 6.07) is -2.91. The molecule has 0 spiro atoms. The largest absolute Gasteiger partial charge is 0.444 e. The van der Waals surface area contributed by atoms with Crippen LogP contribution in [0.4, 0.5) is 18.0 Å². The molecule has 1 aliphatic rings. The monoisotopic (exact) mass is 309 g/mol. The fraction of sp³-hybridized carbons (Fsp3) is 0.857.